The second-order valence-electron chi connectivity index (χ2n) is 4.69. The van der Waals surface area contributed by atoms with Gasteiger partial charge in [-0.25, -0.2) is 13.1 Å². The number of unbranched alkanes of at least 4 members (excludes halogenated alkanes) is 3. The third-order valence-electron chi connectivity index (χ3n) is 2.88. The molecule has 1 aromatic carbocycles. The van der Waals surface area contributed by atoms with E-state index in [4.69, 9.17) is 5.11 Å². The van der Waals surface area contributed by atoms with Crippen LogP contribution in [0.15, 0.2) is 24.3 Å². The maximum absolute atomic E-state index is 11.9. The highest BCUT2D eigenvalue weighted by Crippen LogP contribution is 2.09. The summed E-state index contributed by atoms with van der Waals surface area (Å²) in [7, 11) is -3.28. The zero-order valence-electron chi connectivity index (χ0n) is 11.4. The van der Waals surface area contributed by atoms with Gasteiger partial charge in [0.05, 0.1) is 12.4 Å². The smallest absolute Gasteiger partial charge is 0.215 e. The third-order valence-corrected chi connectivity index (χ3v) is 4.24. The van der Waals surface area contributed by atoms with E-state index < -0.39 is 10.0 Å². The Morgan fingerprint density at radius 2 is 1.89 bits per heavy atom. The van der Waals surface area contributed by atoms with Gasteiger partial charge >= 0.3 is 0 Å². The molecule has 0 fully saturated rings. The standard InChI is InChI=1S/C14H23NO3S/c1-2-3-4-5-9-15-19(17,18)12-14-8-6-7-13(10-14)11-16/h6-8,10,15-16H,2-5,9,11-12H2,1H3. The number of rotatable bonds is 9. The SMILES string of the molecule is CCCCCCNS(=O)(=O)Cc1cccc(CO)c1. The molecule has 0 aliphatic rings. The molecule has 4 nitrogen and oxygen atoms in total. The Balaban J connectivity index is 2.45. The van der Waals surface area contributed by atoms with Crippen molar-refractivity contribution in [3.63, 3.8) is 0 Å². The van der Waals surface area contributed by atoms with E-state index in [1.54, 1.807) is 24.3 Å². The van der Waals surface area contributed by atoms with Gasteiger partial charge in [-0.1, -0.05) is 50.5 Å². The quantitative estimate of drug-likeness (QED) is 0.683. The zero-order chi connectivity index (χ0) is 14.1. The topological polar surface area (TPSA) is 66.4 Å². The Morgan fingerprint density at radius 3 is 2.58 bits per heavy atom. The summed E-state index contributed by atoms with van der Waals surface area (Å²) in [5.74, 6) is -0.0331. The predicted molar refractivity (Wildman–Crippen MR) is 77.1 cm³/mol. The van der Waals surface area contributed by atoms with Crippen LogP contribution in [0.1, 0.15) is 43.7 Å². The Kier molecular flexibility index (Phi) is 7.05. The molecule has 0 amide bonds. The summed E-state index contributed by atoms with van der Waals surface area (Å²) in [4.78, 5) is 0. The van der Waals surface area contributed by atoms with Crippen molar-refractivity contribution in [2.24, 2.45) is 0 Å². The molecule has 0 aliphatic carbocycles. The number of aliphatic hydroxyl groups is 1. The van der Waals surface area contributed by atoms with E-state index in [9.17, 15) is 8.42 Å². The van der Waals surface area contributed by atoms with Crippen LogP contribution in [0.25, 0.3) is 0 Å². The van der Waals surface area contributed by atoms with E-state index in [1.165, 1.54) is 0 Å². The molecule has 0 bridgehead atoms. The molecular weight excluding hydrogens is 262 g/mol. The second kappa shape index (κ2) is 8.30. The van der Waals surface area contributed by atoms with Crippen LogP contribution in [0, 0.1) is 0 Å². The van der Waals surface area contributed by atoms with Crippen molar-refractivity contribution in [2.45, 2.75) is 45.0 Å². The van der Waals surface area contributed by atoms with Crippen LogP contribution < -0.4 is 4.72 Å². The van der Waals surface area contributed by atoms with Gasteiger partial charge in [0, 0.05) is 6.54 Å². The van der Waals surface area contributed by atoms with E-state index in [0.29, 0.717) is 12.1 Å². The first-order valence-electron chi connectivity index (χ1n) is 6.73. The van der Waals surface area contributed by atoms with Gasteiger partial charge in [0.1, 0.15) is 0 Å². The molecule has 0 unspecified atom stereocenters. The molecular formula is C14H23NO3S. The number of nitrogens with one attached hydrogen (secondary N) is 1. The molecule has 5 heteroatoms. The van der Waals surface area contributed by atoms with E-state index in [-0.39, 0.29) is 12.4 Å². The number of hydrogen-bond donors (Lipinski definition) is 2. The highest BCUT2D eigenvalue weighted by Gasteiger charge is 2.10. The predicted octanol–water partition coefficient (Wildman–Crippen LogP) is 2.18. The summed E-state index contributed by atoms with van der Waals surface area (Å²) in [5, 5.41) is 9.02. The lowest BCUT2D eigenvalue weighted by Gasteiger charge is -2.07. The first-order valence-corrected chi connectivity index (χ1v) is 8.38. The molecule has 2 N–H and O–H groups in total. The van der Waals surface area contributed by atoms with Crippen molar-refractivity contribution in [1.82, 2.24) is 4.72 Å². The monoisotopic (exact) mass is 285 g/mol. The minimum atomic E-state index is -3.28. The normalized spacial score (nSPS) is 11.7. The van der Waals surface area contributed by atoms with E-state index in [0.717, 1.165) is 31.2 Å². The fourth-order valence-electron chi connectivity index (χ4n) is 1.87. The van der Waals surface area contributed by atoms with Crippen LogP contribution in [0.2, 0.25) is 0 Å². The fraction of sp³-hybridized carbons (Fsp3) is 0.571. The summed E-state index contributed by atoms with van der Waals surface area (Å²) >= 11 is 0. The summed E-state index contributed by atoms with van der Waals surface area (Å²) < 4.78 is 26.3. The van der Waals surface area contributed by atoms with Crippen LogP contribution in [0.5, 0.6) is 0 Å². The van der Waals surface area contributed by atoms with Crippen molar-refractivity contribution in [3.05, 3.63) is 35.4 Å². The molecule has 0 saturated carbocycles. The van der Waals surface area contributed by atoms with Crippen LogP contribution in [0.3, 0.4) is 0 Å². The fourth-order valence-corrected chi connectivity index (χ4v) is 3.04. The Labute approximate surface area is 115 Å². The Hall–Kier alpha value is -0.910. The minimum absolute atomic E-state index is 0.0331. The zero-order valence-corrected chi connectivity index (χ0v) is 12.2. The van der Waals surface area contributed by atoms with E-state index in [2.05, 4.69) is 11.6 Å². The minimum Gasteiger partial charge on any atom is -0.392 e. The molecule has 0 radical (unpaired) electrons. The first kappa shape index (κ1) is 16.1. The van der Waals surface area contributed by atoms with Gasteiger partial charge in [-0.3, -0.25) is 0 Å². The van der Waals surface area contributed by atoms with Gasteiger partial charge in [-0.15, -0.1) is 0 Å². The van der Waals surface area contributed by atoms with Crippen molar-refractivity contribution in [1.29, 1.82) is 0 Å². The third kappa shape index (κ3) is 6.71. The molecule has 0 heterocycles. The summed E-state index contributed by atoms with van der Waals surface area (Å²) in [6.07, 6.45) is 4.21. The highest BCUT2D eigenvalue weighted by atomic mass is 32.2. The highest BCUT2D eigenvalue weighted by molar-refractivity contribution is 7.88. The van der Waals surface area contributed by atoms with Gasteiger partial charge in [0.2, 0.25) is 10.0 Å². The van der Waals surface area contributed by atoms with Crippen molar-refractivity contribution in [2.75, 3.05) is 6.54 Å². The first-order chi connectivity index (χ1) is 9.07. The van der Waals surface area contributed by atoms with E-state index in [1.807, 2.05) is 0 Å². The van der Waals surface area contributed by atoms with Crippen molar-refractivity contribution >= 4 is 10.0 Å². The number of aliphatic hydroxyl groups excluding tert-OH is 1. The summed E-state index contributed by atoms with van der Waals surface area (Å²) in [5.41, 5.74) is 1.43. The molecule has 19 heavy (non-hydrogen) atoms. The molecule has 0 spiro atoms. The van der Waals surface area contributed by atoms with Crippen LogP contribution in [-0.2, 0) is 22.4 Å². The second-order valence-corrected chi connectivity index (χ2v) is 6.50. The number of hydrogen-bond acceptors (Lipinski definition) is 3. The Morgan fingerprint density at radius 1 is 1.16 bits per heavy atom. The average molecular weight is 285 g/mol. The Bertz CT molecular complexity index is 471. The molecule has 0 atom stereocenters. The van der Waals surface area contributed by atoms with Gasteiger partial charge < -0.3 is 5.11 Å². The maximum Gasteiger partial charge on any atom is 0.215 e. The van der Waals surface area contributed by atoms with Crippen molar-refractivity contribution < 1.29 is 13.5 Å². The largest absolute Gasteiger partial charge is 0.392 e. The van der Waals surface area contributed by atoms with Gasteiger partial charge in [0.25, 0.3) is 0 Å². The number of benzene rings is 1. The molecule has 1 rings (SSSR count). The molecule has 0 saturated heterocycles. The maximum atomic E-state index is 11.9. The summed E-state index contributed by atoms with van der Waals surface area (Å²) in [6, 6.07) is 7.01. The van der Waals surface area contributed by atoms with Gasteiger partial charge in [0.15, 0.2) is 0 Å². The molecule has 0 aromatic heterocycles. The average Bonchev–Trinajstić information content (AvgIpc) is 2.38. The molecule has 1 aromatic rings. The lowest BCUT2D eigenvalue weighted by Crippen LogP contribution is -2.26. The van der Waals surface area contributed by atoms with Crippen LogP contribution in [-0.4, -0.2) is 20.1 Å². The molecule has 0 aliphatic heterocycles. The lowest BCUT2D eigenvalue weighted by atomic mass is 10.1. The lowest BCUT2D eigenvalue weighted by molar-refractivity contribution is 0.282. The molecule has 108 valence electrons. The van der Waals surface area contributed by atoms with Crippen LogP contribution in [0.4, 0.5) is 0 Å². The van der Waals surface area contributed by atoms with Gasteiger partial charge in [-0.2, -0.15) is 0 Å². The van der Waals surface area contributed by atoms with Crippen molar-refractivity contribution in [3.8, 4) is 0 Å². The van der Waals surface area contributed by atoms with Crippen LogP contribution >= 0.6 is 0 Å². The number of sulfonamides is 1. The summed E-state index contributed by atoms with van der Waals surface area (Å²) in [6.45, 7) is 2.55. The van der Waals surface area contributed by atoms with Gasteiger partial charge in [-0.05, 0) is 17.5 Å². The van der Waals surface area contributed by atoms with E-state index >= 15 is 0 Å².